The zero-order valence-corrected chi connectivity index (χ0v) is 12.9. The quantitative estimate of drug-likeness (QED) is 0.902. The van der Waals surface area contributed by atoms with Crippen LogP contribution in [0.4, 0.5) is 0 Å². The van der Waals surface area contributed by atoms with Crippen LogP contribution in [0.15, 0.2) is 48.8 Å². The highest BCUT2D eigenvalue weighted by atomic mass is 16.7. The number of ether oxygens (including phenoxy) is 4. The molecule has 1 aromatic heterocycles. The van der Waals surface area contributed by atoms with E-state index in [0.717, 1.165) is 5.56 Å². The molecule has 0 saturated carbocycles. The Kier molecular flexibility index (Phi) is 4.40. The Morgan fingerprint density at radius 2 is 1.79 bits per heavy atom. The summed E-state index contributed by atoms with van der Waals surface area (Å²) in [6, 6.07) is 11.5. The van der Waals surface area contributed by atoms with Crippen LogP contribution < -0.4 is 4.74 Å². The van der Waals surface area contributed by atoms with Crippen molar-refractivity contribution in [1.29, 1.82) is 0 Å². The van der Waals surface area contributed by atoms with E-state index in [1.54, 1.807) is 18.5 Å². The SMILES string of the molecule is O[C@H]1[C@H]2OC(c3ccccc3)OC[C@H]2OC[C@@H]1Oc1ncccn1. The Morgan fingerprint density at radius 1 is 1.00 bits per heavy atom. The van der Waals surface area contributed by atoms with Crippen molar-refractivity contribution in [2.75, 3.05) is 13.2 Å². The highest BCUT2D eigenvalue weighted by molar-refractivity contribution is 5.16. The summed E-state index contributed by atoms with van der Waals surface area (Å²) in [5.74, 6) is 0. The van der Waals surface area contributed by atoms with Gasteiger partial charge in [0, 0.05) is 18.0 Å². The van der Waals surface area contributed by atoms with Crippen molar-refractivity contribution in [2.45, 2.75) is 30.7 Å². The third-order valence-corrected chi connectivity index (χ3v) is 4.12. The molecule has 7 nitrogen and oxygen atoms in total. The molecule has 0 bridgehead atoms. The molecule has 0 spiro atoms. The van der Waals surface area contributed by atoms with E-state index in [-0.39, 0.29) is 18.7 Å². The van der Waals surface area contributed by atoms with Crippen LogP contribution in [0.25, 0.3) is 0 Å². The first-order valence-electron chi connectivity index (χ1n) is 7.86. The summed E-state index contributed by atoms with van der Waals surface area (Å²) in [4.78, 5) is 8.02. The second kappa shape index (κ2) is 6.82. The molecule has 1 aromatic carbocycles. The van der Waals surface area contributed by atoms with Crippen LogP contribution in [0, 0.1) is 0 Å². The van der Waals surface area contributed by atoms with Gasteiger partial charge in [-0.05, 0) is 6.07 Å². The van der Waals surface area contributed by atoms with Gasteiger partial charge in [-0.3, -0.25) is 0 Å². The molecule has 2 aromatic rings. The first-order valence-corrected chi connectivity index (χ1v) is 7.86. The molecule has 24 heavy (non-hydrogen) atoms. The van der Waals surface area contributed by atoms with E-state index in [9.17, 15) is 5.11 Å². The lowest BCUT2D eigenvalue weighted by Crippen LogP contribution is -2.59. The minimum Gasteiger partial charge on any atom is -0.455 e. The van der Waals surface area contributed by atoms with E-state index in [4.69, 9.17) is 18.9 Å². The molecule has 0 aliphatic carbocycles. The third kappa shape index (κ3) is 3.11. The number of hydrogen-bond donors (Lipinski definition) is 1. The minimum absolute atomic E-state index is 0.204. The van der Waals surface area contributed by atoms with E-state index >= 15 is 0 Å². The molecule has 126 valence electrons. The van der Waals surface area contributed by atoms with E-state index in [2.05, 4.69) is 9.97 Å². The van der Waals surface area contributed by atoms with Crippen molar-refractivity contribution in [3.8, 4) is 6.01 Å². The molecule has 2 saturated heterocycles. The third-order valence-electron chi connectivity index (χ3n) is 4.12. The number of aromatic nitrogens is 2. The zero-order chi connectivity index (χ0) is 16.4. The molecule has 2 fully saturated rings. The Bertz CT molecular complexity index is 657. The fourth-order valence-corrected chi connectivity index (χ4v) is 2.89. The van der Waals surface area contributed by atoms with E-state index < -0.39 is 24.6 Å². The largest absolute Gasteiger partial charge is 0.455 e. The maximum Gasteiger partial charge on any atom is 0.316 e. The Hall–Kier alpha value is -2.06. The van der Waals surface area contributed by atoms with Gasteiger partial charge in [0.15, 0.2) is 12.4 Å². The van der Waals surface area contributed by atoms with Gasteiger partial charge in [-0.1, -0.05) is 30.3 Å². The Labute approximate surface area is 139 Å². The van der Waals surface area contributed by atoms with Crippen molar-refractivity contribution < 1.29 is 24.1 Å². The predicted molar refractivity (Wildman–Crippen MR) is 82.2 cm³/mol. The summed E-state index contributed by atoms with van der Waals surface area (Å²) < 4.78 is 23.0. The van der Waals surface area contributed by atoms with Crippen LogP contribution in [0.3, 0.4) is 0 Å². The second-order valence-electron chi connectivity index (χ2n) is 5.73. The molecule has 1 N–H and O–H groups in total. The highest BCUT2D eigenvalue weighted by Crippen LogP contribution is 2.32. The molecule has 7 heteroatoms. The highest BCUT2D eigenvalue weighted by Gasteiger charge is 2.46. The molecular weight excluding hydrogens is 312 g/mol. The lowest BCUT2D eigenvalue weighted by atomic mass is 9.99. The van der Waals surface area contributed by atoms with E-state index in [1.807, 2.05) is 30.3 Å². The zero-order valence-electron chi connectivity index (χ0n) is 12.9. The van der Waals surface area contributed by atoms with E-state index in [0.29, 0.717) is 6.61 Å². The summed E-state index contributed by atoms with van der Waals surface area (Å²) in [5.41, 5.74) is 0.901. The van der Waals surface area contributed by atoms with Crippen LogP contribution in [0.2, 0.25) is 0 Å². The topological polar surface area (TPSA) is 82.9 Å². The van der Waals surface area contributed by atoms with Gasteiger partial charge >= 0.3 is 6.01 Å². The second-order valence-corrected chi connectivity index (χ2v) is 5.73. The first-order chi connectivity index (χ1) is 11.8. The Morgan fingerprint density at radius 3 is 2.58 bits per heavy atom. The van der Waals surface area contributed by atoms with Crippen LogP contribution >= 0.6 is 0 Å². The summed E-state index contributed by atoms with van der Waals surface area (Å²) in [6.45, 7) is 0.582. The van der Waals surface area contributed by atoms with Crippen LogP contribution in [0.5, 0.6) is 6.01 Å². The molecule has 5 atom stereocenters. The average molecular weight is 330 g/mol. The fourth-order valence-electron chi connectivity index (χ4n) is 2.89. The summed E-state index contributed by atoms with van der Waals surface area (Å²) in [6.07, 6.45) is 0.320. The number of rotatable bonds is 3. The smallest absolute Gasteiger partial charge is 0.316 e. The van der Waals surface area contributed by atoms with Crippen molar-refractivity contribution >= 4 is 0 Å². The standard InChI is InChI=1S/C17H18N2O5/c20-14-12(23-17-18-7-4-8-19-17)9-21-13-10-22-16(24-15(13)14)11-5-2-1-3-6-11/h1-8,12-16,20H,9-10H2/t12-,13+,14+,15-,16?/m0/s1. The maximum atomic E-state index is 10.6. The molecule has 1 unspecified atom stereocenters. The number of benzene rings is 1. The number of fused-ring (bicyclic) bond motifs is 1. The monoisotopic (exact) mass is 330 g/mol. The molecule has 0 amide bonds. The van der Waals surface area contributed by atoms with Gasteiger partial charge in [0.25, 0.3) is 0 Å². The van der Waals surface area contributed by atoms with Crippen molar-refractivity contribution in [3.63, 3.8) is 0 Å². The maximum absolute atomic E-state index is 10.6. The molecule has 4 rings (SSSR count). The lowest BCUT2D eigenvalue weighted by Gasteiger charge is -2.44. The summed E-state index contributed by atoms with van der Waals surface area (Å²) in [7, 11) is 0. The first kappa shape index (κ1) is 15.5. The van der Waals surface area contributed by atoms with Gasteiger partial charge in [0.1, 0.15) is 18.3 Å². The van der Waals surface area contributed by atoms with Crippen LogP contribution in [0.1, 0.15) is 11.9 Å². The average Bonchev–Trinajstić information content (AvgIpc) is 2.65. The van der Waals surface area contributed by atoms with Crippen molar-refractivity contribution in [3.05, 3.63) is 54.4 Å². The normalized spacial score (nSPS) is 32.8. The molecular formula is C17H18N2O5. The predicted octanol–water partition coefficient (Wildman–Crippen LogP) is 1.10. The van der Waals surface area contributed by atoms with Crippen molar-refractivity contribution in [2.24, 2.45) is 0 Å². The molecule has 0 radical (unpaired) electrons. The summed E-state index contributed by atoms with van der Waals surface area (Å²) in [5, 5.41) is 10.6. The van der Waals surface area contributed by atoms with Gasteiger partial charge in [0.05, 0.1) is 13.2 Å². The van der Waals surface area contributed by atoms with Crippen molar-refractivity contribution in [1.82, 2.24) is 9.97 Å². The Balaban J connectivity index is 1.46. The number of nitrogens with zero attached hydrogens (tertiary/aromatic N) is 2. The van der Waals surface area contributed by atoms with Crippen LogP contribution in [-0.4, -0.2) is 52.7 Å². The lowest BCUT2D eigenvalue weighted by molar-refractivity contribution is -0.312. The number of aliphatic hydroxyl groups is 1. The number of hydrogen-bond acceptors (Lipinski definition) is 7. The van der Waals surface area contributed by atoms with Crippen LogP contribution in [-0.2, 0) is 14.2 Å². The van der Waals surface area contributed by atoms with Gasteiger partial charge in [0.2, 0.25) is 0 Å². The van der Waals surface area contributed by atoms with Gasteiger partial charge in [-0.15, -0.1) is 0 Å². The van der Waals surface area contributed by atoms with Gasteiger partial charge in [-0.25, -0.2) is 9.97 Å². The van der Waals surface area contributed by atoms with Gasteiger partial charge < -0.3 is 24.1 Å². The molecule has 2 aliphatic rings. The summed E-state index contributed by atoms with van der Waals surface area (Å²) >= 11 is 0. The minimum atomic E-state index is -0.859. The van der Waals surface area contributed by atoms with E-state index in [1.165, 1.54) is 0 Å². The number of aliphatic hydroxyl groups excluding tert-OH is 1. The van der Waals surface area contributed by atoms with Gasteiger partial charge in [-0.2, -0.15) is 0 Å². The fraction of sp³-hybridized carbons (Fsp3) is 0.412. The molecule has 3 heterocycles. The molecule has 2 aliphatic heterocycles.